The fraction of sp³-hybridized carbons (Fsp3) is 0.571. The van der Waals surface area contributed by atoms with Crippen molar-refractivity contribution in [2.45, 2.75) is 32.5 Å². The number of nitrogens with one attached hydrogen (secondary N) is 1. The zero-order valence-electron chi connectivity index (χ0n) is 14.4. The second kappa shape index (κ2) is 7.37. The first kappa shape index (κ1) is 18.9. The first-order valence-electron chi connectivity index (χ1n) is 8.08. The van der Waals surface area contributed by atoms with Crippen molar-refractivity contribution in [3.63, 3.8) is 0 Å². The van der Waals surface area contributed by atoms with Gasteiger partial charge in [0, 0.05) is 0 Å². The molecule has 0 aliphatic carbocycles. The molecule has 0 spiro atoms. The summed E-state index contributed by atoms with van der Waals surface area (Å²) in [6.45, 7) is 4.02. The maximum absolute atomic E-state index is 11.3. The molecule has 3 atom stereocenters. The van der Waals surface area contributed by atoms with E-state index in [1.807, 2.05) is 0 Å². The summed E-state index contributed by atoms with van der Waals surface area (Å²) in [5, 5.41) is 12.0. The van der Waals surface area contributed by atoms with Crippen molar-refractivity contribution >= 4 is 30.8 Å². The summed E-state index contributed by atoms with van der Waals surface area (Å²) < 4.78 is 13.0. The molecule has 0 amide bonds. The second-order valence-electron chi connectivity index (χ2n) is 6.43. The third kappa shape index (κ3) is 3.92. The van der Waals surface area contributed by atoms with E-state index >= 15 is 0 Å². The number of imidazole rings is 1. The van der Waals surface area contributed by atoms with Crippen LogP contribution in [0.2, 0.25) is 0 Å². The van der Waals surface area contributed by atoms with E-state index in [0.29, 0.717) is 23.5 Å². The molecule has 1 fully saturated rings. The van der Waals surface area contributed by atoms with Gasteiger partial charge in [0.1, 0.15) is 30.6 Å². The van der Waals surface area contributed by atoms with Crippen LogP contribution >= 0.6 is 7.87 Å². The zero-order chi connectivity index (χ0) is 18.9. The lowest BCUT2D eigenvalue weighted by Gasteiger charge is -2.30. The van der Waals surface area contributed by atoms with E-state index in [1.54, 1.807) is 24.7 Å². The fourth-order valence-electron chi connectivity index (χ4n) is 2.64. The summed E-state index contributed by atoms with van der Waals surface area (Å²) in [6.07, 6.45) is 2.51. The molecule has 0 radical (unpaired) electrons. The molecule has 2 aromatic heterocycles. The molecule has 0 aromatic carbocycles. The Labute approximate surface area is 150 Å². The Bertz CT molecular complexity index is 791. The standard InChI is InChI=1S/C14H21N6O5P/c1-8(2)10(14(21)22)19-26(23)7-24-9(4-25-26)3-20-6-18-11-12(15)16-5-17-13(11)20/h5-6,8-10,19,23H,3-4,7H2,1-2H3,(H2-,15,16,17,21,22)/p+1/t9-,10-,26?/m0/s1. The summed E-state index contributed by atoms with van der Waals surface area (Å²) in [7, 11) is -3.13. The van der Waals surface area contributed by atoms with Crippen LogP contribution in [0.25, 0.3) is 11.2 Å². The molecule has 1 aliphatic rings. The normalized spacial score (nSPS) is 24.8. The van der Waals surface area contributed by atoms with Crippen LogP contribution in [-0.2, 0) is 20.6 Å². The fourth-order valence-corrected chi connectivity index (χ4v) is 4.53. The van der Waals surface area contributed by atoms with Crippen LogP contribution in [0, 0.1) is 5.92 Å². The van der Waals surface area contributed by atoms with Crippen LogP contribution in [0.1, 0.15) is 13.8 Å². The maximum Gasteiger partial charge on any atom is 0.371 e. The van der Waals surface area contributed by atoms with Crippen LogP contribution in [0.15, 0.2) is 12.7 Å². The van der Waals surface area contributed by atoms with E-state index in [2.05, 4.69) is 20.0 Å². The van der Waals surface area contributed by atoms with Crippen LogP contribution in [0.5, 0.6) is 0 Å². The highest BCUT2D eigenvalue weighted by molar-refractivity contribution is 7.63. The van der Waals surface area contributed by atoms with Gasteiger partial charge >= 0.3 is 13.8 Å². The topological polar surface area (TPSA) is 158 Å². The molecule has 12 heteroatoms. The Morgan fingerprint density at radius 2 is 2.27 bits per heavy atom. The van der Waals surface area contributed by atoms with Gasteiger partial charge < -0.3 is 20.1 Å². The number of carboxylic acid groups (broad SMARTS) is 1. The monoisotopic (exact) mass is 385 g/mol. The quantitative estimate of drug-likeness (QED) is 0.507. The van der Waals surface area contributed by atoms with Gasteiger partial charge in [-0.2, -0.15) is 9.42 Å². The predicted molar refractivity (Wildman–Crippen MR) is 94.0 cm³/mol. The van der Waals surface area contributed by atoms with Crippen molar-refractivity contribution in [3.05, 3.63) is 12.7 Å². The van der Waals surface area contributed by atoms with Gasteiger partial charge in [-0.25, -0.2) is 15.0 Å². The molecule has 1 saturated heterocycles. The van der Waals surface area contributed by atoms with Crippen molar-refractivity contribution in [2.24, 2.45) is 5.92 Å². The van der Waals surface area contributed by atoms with Gasteiger partial charge in [-0.05, 0) is 5.92 Å². The lowest BCUT2D eigenvalue weighted by Crippen LogP contribution is -2.44. The summed E-state index contributed by atoms with van der Waals surface area (Å²) in [5.74, 6) is -0.950. The Hall–Kier alpha value is -1.91. The molecule has 2 aromatic rings. The van der Waals surface area contributed by atoms with Crippen molar-refractivity contribution in [2.75, 3.05) is 18.7 Å². The molecule has 1 unspecified atom stereocenters. The third-order valence-corrected chi connectivity index (χ3v) is 5.82. The average Bonchev–Trinajstić information content (AvgIpc) is 2.99. The molecule has 5 N–H and O–H groups in total. The Balaban J connectivity index is 1.63. The summed E-state index contributed by atoms with van der Waals surface area (Å²) in [6, 6.07) is -0.911. The van der Waals surface area contributed by atoms with Crippen LogP contribution in [0.4, 0.5) is 5.82 Å². The van der Waals surface area contributed by atoms with E-state index in [4.69, 9.17) is 15.0 Å². The molecule has 0 saturated carbocycles. The van der Waals surface area contributed by atoms with Gasteiger partial charge in [0.2, 0.25) is 6.35 Å². The molecular formula is C14H22N6O5P+. The van der Waals surface area contributed by atoms with Gasteiger partial charge in [0.25, 0.3) is 0 Å². The summed E-state index contributed by atoms with van der Waals surface area (Å²) in [4.78, 5) is 34.1. The van der Waals surface area contributed by atoms with E-state index < -0.39 is 19.9 Å². The van der Waals surface area contributed by atoms with Crippen LogP contribution in [0.3, 0.4) is 0 Å². The first-order valence-corrected chi connectivity index (χ1v) is 9.92. The molecular weight excluding hydrogens is 363 g/mol. The van der Waals surface area contributed by atoms with Gasteiger partial charge in [0.15, 0.2) is 11.5 Å². The number of hydrogen-bond acceptors (Lipinski definition) is 9. The van der Waals surface area contributed by atoms with E-state index in [-0.39, 0.29) is 25.0 Å². The number of hydrogen-bond donors (Lipinski definition) is 4. The number of nitrogen functional groups attached to an aromatic ring is 1. The molecule has 26 heavy (non-hydrogen) atoms. The molecule has 142 valence electrons. The number of nitrogens with two attached hydrogens (primary N) is 1. The smallest absolute Gasteiger partial charge is 0.371 e. The van der Waals surface area contributed by atoms with E-state index in [1.165, 1.54) is 6.33 Å². The summed E-state index contributed by atoms with van der Waals surface area (Å²) >= 11 is 0. The van der Waals surface area contributed by atoms with Crippen LogP contribution in [-0.4, -0.2) is 60.6 Å². The van der Waals surface area contributed by atoms with Gasteiger partial charge in [-0.15, -0.1) is 5.09 Å². The van der Waals surface area contributed by atoms with Gasteiger partial charge in [-0.1, -0.05) is 13.8 Å². The van der Waals surface area contributed by atoms with E-state index in [9.17, 15) is 14.8 Å². The maximum atomic E-state index is 11.3. The lowest BCUT2D eigenvalue weighted by atomic mass is 10.1. The number of carbonyl (C=O) groups is 1. The SMILES string of the molecule is CC(C)[C@H](N[P+]1(O)CO[C@@H](Cn2cnc3c(N)ncnc32)CO1)C(=O)O. The summed E-state index contributed by atoms with van der Waals surface area (Å²) in [5.41, 5.74) is 6.86. The van der Waals surface area contributed by atoms with Crippen molar-refractivity contribution in [1.29, 1.82) is 0 Å². The minimum Gasteiger partial charge on any atom is -0.480 e. The Kier molecular flexibility index (Phi) is 5.35. The van der Waals surface area contributed by atoms with Gasteiger partial charge in [-0.3, -0.25) is 4.79 Å². The van der Waals surface area contributed by atoms with Crippen molar-refractivity contribution in [1.82, 2.24) is 24.6 Å². The highest BCUT2D eigenvalue weighted by atomic mass is 31.2. The molecule has 1 aliphatic heterocycles. The number of fused-ring (bicyclic) bond motifs is 1. The Morgan fingerprint density at radius 3 is 2.88 bits per heavy atom. The lowest BCUT2D eigenvalue weighted by molar-refractivity contribution is -0.140. The van der Waals surface area contributed by atoms with Crippen LogP contribution < -0.4 is 10.8 Å². The number of nitrogens with zero attached hydrogens (tertiary/aromatic N) is 4. The van der Waals surface area contributed by atoms with E-state index in [0.717, 1.165) is 0 Å². The second-order valence-corrected chi connectivity index (χ2v) is 8.61. The minimum absolute atomic E-state index is 0.0993. The highest BCUT2D eigenvalue weighted by Crippen LogP contribution is 2.54. The molecule has 3 rings (SSSR count). The van der Waals surface area contributed by atoms with Gasteiger partial charge in [0.05, 0.1) is 12.9 Å². The largest absolute Gasteiger partial charge is 0.480 e. The van der Waals surface area contributed by atoms with Crippen molar-refractivity contribution < 1.29 is 24.1 Å². The average molecular weight is 385 g/mol. The number of aromatic nitrogens is 4. The number of rotatable bonds is 6. The first-order chi connectivity index (χ1) is 12.3. The third-order valence-electron chi connectivity index (χ3n) is 4.06. The predicted octanol–water partition coefficient (Wildman–Crippen LogP) is 0.235. The molecule has 3 heterocycles. The Morgan fingerprint density at radius 1 is 1.50 bits per heavy atom. The number of aliphatic carboxylic acids is 1. The van der Waals surface area contributed by atoms with Crippen molar-refractivity contribution in [3.8, 4) is 0 Å². The molecule has 0 bridgehead atoms. The minimum atomic E-state index is -3.13. The molecule has 11 nitrogen and oxygen atoms in total. The number of carboxylic acids is 1. The zero-order valence-corrected chi connectivity index (χ0v) is 15.3. The highest BCUT2D eigenvalue weighted by Gasteiger charge is 2.48. The number of anilines is 1. The number of ether oxygens (including phenoxy) is 1.